The number of methoxy groups -OCH3 is 1. The van der Waals surface area contributed by atoms with Crippen LogP contribution in [0.5, 0.6) is 0 Å². The predicted molar refractivity (Wildman–Crippen MR) is 67.6 cm³/mol. The molecule has 102 valence electrons. The quantitative estimate of drug-likeness (QED) is 0.758. The van der Waals surface area contributed by atoms with E-state index in [1.165, 1.54) is 19.5 Å². The smallest absolute Gasteiger partial charge is 0.310 e. The largest absolute Gasteiger partial charge is 0.469 e. The number of amides is 1. The van der Waals surface area contributed by atoms with Crippen molar-refractivity contribution in [1.82, 2.24) is 14.9 Å². The molecule has 0 spiro atoms. The molecular weight excluding hydrogens is 270 g/mol. The van der Waals surface area contributed by atoms with Crippen LogP contribution in [0.3, 0.4) is 0 Å². The molecule has 2 atom stereocenters. The highest BCUT2D eigenvalue weighted by Crippen LogP contribution is 2.25. The number of likely N-dealkylation sites (tertiary alicyclic amines) is 1. The zero-order valence-corrected chi connectivity index (χ0v) is 11.4. The van der Waals surface area contributed by atoms with Crippen LogP contribution in [0.2, 0.25) is 5.15 Å². The number of halogens is 1. The van der Waals surface area contributed by atoms with Crippen LogP contribution in [-0.4, -0.2) is 46.9 Å². The van der Waals surface area contributed by atoms with Crippen molar-refractivity contribution in [1.29, 1.82) is 0 Å². The van der Waals surface area contributed by atoms with Crippen LogP contribution < -0.4 is 0 Å². The molecule has 6 nitrogen and oxygen atoms in total. The van der Waals surface area contributed by atoms with E-state index < -0.39 is 0 Å². The zero-order chi connectivity index (χ0) is 14.0. The Hall–Kier alpha value is -1.69. The van der Waals surface area contributed by atoms with Crippen LogP contribution in [0.15, 0.2) is 12.4 Å². The third-order valence-corrected chi connectivity index (χ3v) is 3.41. The molecule has 1 aromatic rings. The van der Waals surface area contributed by atoms with E-state index in [-0.39, 0.29) is 34.6 Å². The average Bonchev–Trinajstić information content (AvgIpc) is 2.79. The molecule has 2 heterocycles. The zero-order valence-electron chi connectivity index (χ0n) is 10.7. The van der Waals surface area contributed by atoms with Gasteiger partial charge in [0.05, 0.1) is 25.4 Å². The van der Waals surface area contributed by atoms with Gasteiger partial charge in [0.1, 0.15) is 10.8 Å². The maximum atomic E-state index is 12.2. The van der Waals surface area contributed by atoms with Crippen LogP contribution in [0.1, 0.15) is 17.4 Å². The molecule has 7 heteroatoms. The van der Waals surface area contributed by atoms with E-state index in [0.29, 0.717) is 13.1 Å². The molecular formula is C12H14ClN3O3. The minimum atomic E-state index is -0.292. The molecule has 1 amide bonds. The summed E-state index contributed by atoms with van der Waals surface area (Å²) in [6.07, 6.45) is 2.73. The summed E-state index contributed by atoms with van der Waals surface area (Å²) in [4.78, 5) is 33.1. The van der Waals surface area contributed by atoms with Gasteiger partial charge in [0, 0.05) is 13.1 Å². The number of esters is 1. The Morgan fingerprint density at radius 1 is 1.42 bits per heavy atom. The van der Waals surface area contributed by atoms with Crippen LogP contribution >= 0.6 is 11.6 Å². The van der Waals surface area contributed by atoms with Crippen LogP contribution in [0.4, 0.5) is 0 Å². The molecule has 1 fully saturated rings. The lowest BCUT2D eigenvalue weighted by molar-refractivity contribution is -0.146. The maximum absolute atomic E-state index is 12.2. The molecule has 19 heavy (non-hydrogen) atoms. The average molecular weight is 284 g/mol. The van der Waals surface area contributed by atoms with Gasteiger partial charge in [-0.3, -0.25) is 14.6 Å². The van der Waals surface area contributed by atoms with Gasteiger partial charge in [0.15, 0.2) is 0 Å². The van der Waals surface area contributed by atoms with Crippen molar-refractivity contribution in [3.8, 4) is 0 Å². The molecule has 1 aliphatic rings. The standard InChI is InChI=1S/C12H14ClN3O3/c1-7-5-16(6-8(7)12(18)19-2)11(17)9-3-14-4-10(13)15-9/h3-4,7-8H,5-6H2,1-2H3. The molecule has 0 bridgehead atoms. The Balaban J connectivity index is 2.12. The van der Waals surface area contributed by atoms with Crippen molar-refractivity contribution in [3.63, 3.8) is 0 Å². The minimum absolute atomic E-state index is 0.0588. The summed E-state index contributed by atoms with van der Waals surface area (Å²) in [6, 6.07) is 0. The fourth-order valence-electron chi connectivity index (χ4n) is 2.20. The van der Waals surface area contributed by atoms with E-state index in [4.69, 9.17) is 16.3 Å². The van der Waals surface area contributed by atoms with Gasteiger partial charge in [-0.2, -0.15) is 0 Å². The first kappa shape index (κ1) is 13.7. The number of aromatic nitrogens is 2. The predicted octanol–water partition coefficient (Wildman–Crippen LogP) is 1.01. The number of nitrogens with zero attached hydrogens (tertiary/aromatic N) is 3. The lowest BCUT2D eigenvalue weighted by Gasteiger charge is -2.15. The number of ether oxygens (including phenoxy) is 1. The Bertz CT molecular complexity index is 509. The van der Waals surface area contributed by atoms with Gasteiger partial charge in [0.25, 0.3) is 5.91 Å². The second-order valence-electron chi connectivity index (χ2n) is 4.54. The number of rotatable bonds is 2. The summed E-state index contributed by atoms with van der Waals surface area (Å²) >= 11 is 5.71. The fraction of sp³-hybridized carbons (Fsp3) is 0.500. The first-order valence-electron chi connectivity index (χ1n) is 5.87. The minimum Gasteiger partial charge on any atom is -0.469 e. The van der Waals surface area contributed by atoms with E-state index in [1.54, 1.807) is 4.90 Å². The fourth-order valence-corrected chi connectivity index (χ4v) is 2.35. The maximum Gasteiger partial charge on any atom is 0.310 e. The summed E-state index contributed by atoms with van der Waals surface area (Å²) in [5.41, 5.74) is 0.185. The lowest BCUT2D eigenvalue weighted by atomic mass is 9.99. The summed E-state index contributed by atoms with van der Waals surface area (Å²) < 4.78 is 4.73. The molecule has 2 unspecified atom stereocenters. The van der Waals surface area contributed by atoms with Crippen molar-refractivity contribution in [2.75, 3.05) is 20.2 Å². The van der Waals surface area contributed by atoms with Gasteiger partial charge in [-0.25, -0.2) is 4.98 Å². The molecule has 0 radical (unpaired) electrons. The summed E-state index contributed by atoms with van der Waals surface area (Å²) in [5, 5.41) is 0.169. The van der Waals surface area contributed by atoms with Crippen molar-refractivity contribution in [3.05, 3.63) is 23.2 Å². The van der Waals surface area contributed by atoms with E-state index in [2.05, 4.69) is 9.97 Å². The Morgan fingerprint density at radius 2 is 2.16 bits per heavy atom. The molecule has 0 saturated carbocycles. The van der Waals surface area contributed by atoms with Crippen LogP contribution in [0.25, 0.3) is 0 Å². The molecule has 2 rings (SSSR count). The number of carbonyl (C=O) groups is 2. The highest BCUT2D eigenvalue weighted by Gasteiger charge is 2.38. The van der Waals surface area contributed by atoms with Gasteiger partial charge >= 0.3 is 5.97 Å². The molecule has 0 aliphatic carbocycles. The van der Waals surface area contributed by atoms with Crippen molar-refractivity contribution >= 4 is 23.5 Å². The second kappa shape index (κ2) is 5.52. The van der Waals surface area contributed by atoms with E-state index >= 15 is 0 Å². The molecule has 1 aliphatic heterocycles. The molecule has 1 saturated heterocycles. The third-order valence-electron chi connectivity index (χ3n) is 3.23. The van der Waals surface area contributed by atoms with Gasteiger partial charge in [0.2, 0.25) is 0 Å². The molecule has 0 aromatic carbocycles. The van der Waals surface area contributed by atoms with Crippen molar-refractivity contribution in [2.24, 2.45) is 11.8 Å². The lowest BCUT2D eigenvalue weighted by Crippen LogP contribution is -2.30. The Kier molecular flexibility index (Phi) is 3.99. The summed E-state index contributed by atoms with van der Waals surface area (Å²) in [5.74, 6) is -0.794. The van der Waals surface area contributed by atoms with E-state index in [1.807, 2.05) is 6.92 Å². The van der Waals surface area contributed by atoms with Crippen LogP contribution in [-0.2, 0) is 9.53 Å². The van der Waals surface area contributed by atoms with Gasteiger partial charge < -0.3 is 9.64 Å². The summed E-state index contributed by atoms with van der Waals surface area (Å²) in [6.45, 7) is 2.74. The highest BCUT2D eigenvalue weighted by molar-refractivity contribution is 6.29. The van der Waals surface area contributed by atoms with Gasteiger partial charge in [-0.1, -0.05) is 18.5 Å². The normalized spacial score (nSPS) is 22.4. The van der Waals surface area contributed by atoms with E-state index in [9.17, 15) is 9.59 Å². The van der Waals surface area contributed by atoms with Gasteiger partial charge in [-0.15, -0.1) is 0 Å². The Morgan fingerprint density at radius 3 is 2.79 bits per heavy atom. The molecule has 0 N–H and O–H groups in total. The monoisotopic (exact) mass is 283 g/mol. The number of carbonyl (C=O) groups excluding carboxylic acids is 2. The third kappa shape index (κ3) is 2.84. The number of hydrogen-bond donors (Lipinski definition) is 0. The Labute approximate surface area is 115 Å². The first-order valence-corrected chi connectivity index (χ1v) is 6.25. The second-order valence-corrected chi connectivity index (χ2v) is 4.93. The van der Waals surface area contributed by atoms with Crippen molar-refractivity contribution < 1.29 is 14.3 Å². The van der Waals surface area contributed by atoms with Crippen molar-refractivity contribution in [2.45, 2.75) is 6.92 Å². The molecule has 1 aromatic heterocycles. The number of hydrogen-bond acceptors (Lipinski definition) is 5. The topological polar surface area (TPSA) is 72.4 Å². The highest BCUT2D eigenvalue weighted by atomic mass is 35.5. The summed E-state index contributed by atoms with van der Waals surface area (Å²) in [7, 11) is 1.35. The SMILES string of the molecule is COC(=O)C1CN(C(=O)c2cncc(Cl)n2)CC1C. The first-order chi connectivity index (χ1) is 9.02. The van der Waals surface area contributed by atoms with E-state index in [0.717, 1.165) is 0 Å². The van der Waals surface area contributed by atoms with Gasteiger partial charge in [-0.05, 0) is 5.92 Å². The van der Waals surface area contributed by atoms with Crippen LogP contribution in [0, 0.1) is 11.8 Å².